The maximum atomic E-state index is 5.64. The molecule has 0 spiro atoms. The molecule has 2 fully saturated rings. The first kappa shape index (κ1) is 15.3. The quantitative estimate of drug-likeness (QED) is 0.829. The van der Waals surface area contributed by atoms with Crippen LogP contribution in [0, 0.1) is 5.92 Å². The Kier molecular flexibility index (Phi) is 5.67. The summed E-state index contributed by atoms with van der Waals surface area (Å²) in [6, 6.07) is 0.743. The summed E-state index contributed by atoms with van der Waals surface area (Å²) in [4.78, 5) is 2.66. The molecule has 3 nitrogen and oxygen atoms in total. The maximum absolute atomic E-state index is 5.64. The zero-order valence-corrected chi connectivity index (χ0v) is 13.1. The molecule has 2 aliphatic rings. The number of ether oxygens (including phenoxy) is 1. The van der Waals surface area contributed by atoms with E-state index in [1.54, 1.807) is 0 Å². The molecular weight excluding hydrogens is 236 g/mol. The zero-order valence-electron chi connectivity index (χ0n) is 13.1. The molecule has 0 amide bonds. The van der Waals surface area contributed by atoms with Gasteiger partial charge in [0.25, 0.3) is 0 Å². The Bertz CT molecular complexity index is 267. The molecule has 2 rings (SSSR count). The van der Waals surface area contributed by atoms with E-state index >= 15 is 0 Å². The van der Waals surface area contributed by atoms with Crippen molar-refractivity contribution in [2.75, 3.05) is 32.8 Å². The Morgan fingerprint density at radius 3 is 2.79 bits per heavy atom. The van der Waals surface area contributed by atoms with Crippen molar-refractivity contribution < 1.29 is 4.74 Å². The van der Waals surface area contributed by atoms with Gasteiger partial charge < -0.3 is 10.1 Å². The predicted molar refractivity (Wildman–Crippen MR) is 80.5 cm³/mol. The molecule has 1 heterocycles. The summed E-state index contributed by atoms with van der Waals surface area (Å²) in [5.74, 6) is 0.831. The summed E-state index contributed by atoms with van der Waals surface area (Å²) in [5.41, 5.74) is 0.213. The van der Waals surface area contributed by atoms with E-state index < -0.39 is 0 Å². The third kappa shape index (κ3) is 4.17. The summed E-state index contributed by atoms with van der Waals surface area (Å²) >= 11 is 0. The summed E-state index contributed by atoms with van der Waals surface area (Å²) < 4.78 is 5.64. The van der Waals surface area contributed by atoms with Crippen molar-refractivity contribution in [2.24, 2.45) is 5.92 Å². The normalized spacial score (nSPS) is 32.4. The first-order valence-electron chi connectivity index (χ1n) is 8.19. The average Bonchev–Trinajstić information content (AvgIpc) is 2.40. The first-order chi connectivity index (χ1) is 9.13. The van der Waals surface area contributed by atoms with E-state index in [0.717, 1.165) is 31.7 Å². The van der Waals surface area contributed by atoms with Crippen LogP contribution in [-0.4, -0.2) is 49.3 Å². The number of nitrogens with one attached hydrogen (secondary N) is 1. The van der Waals surface area contributed by atoms with Crippen molar-refractivity contribution in [1.82, 2.24) is 10.2 Å². The number of hydrogen-bond donors (Lipinski definition) is 1. The van der Waals surface area contributed by atoms with Crippen molar-refractivity contribution in [3.63, 3.8) is 0 Å². The zero-order chi connectivity index (χ0) is 13.7. The molecule has 3 heteroatoms. The summed E-state index contributed by atoms with van der Waals surface area (Å²) in [6.45, 7) is 12.2. The molecule has 1 saturated carbocycles. The van der Waals surface area contributed by atoms with Crippen molar-refractivity contribution in [1.29, 1.82) is 0 Å². The minimum absolute atomic E-state index is 0.213. The van der Waals surface area contributed by atoms with Crippen molar-refractivity contribution in [3.05, 3.63) is 0 Å². The van der Waals surface area contributed by atoms with Crippen LogP contribution in [0.4, 0.5) is 0 Å². The van der Waals surface area contributed by atoms with Crippen LogP contribution in [0.2, 0.25) is 0 Å². The smallest absolute Gasteiger partial charge is 0.0645 e. The third-order valence-corrected chi connectivity index (χ3v) is 4.84. The SMILES string of the molecule is CCCNC1CCCCC1CN1CCOCC1(C)C. The third-order valence-electron chi connectivity index (χ3n) is 4.84. The van der Waals surface area contributed by atoms with Gasteiger partial charge in [0.05, 0.1) is 13.2 Å². The van der Waals surface area contributed by atoms with Crippen molar-refractivity contribution in [2.45, 2.75) is 64.5 Å². The number of morpholine rings is 1. The van der Waals surface area contributed by atoms with Crippen LogP contribution in [0.3, 0.4) is 0 Å². The van der Waals surface area contributed by atoms with Crippen molar-refractivity contribution in [3.8, 4) is 0 Å². The Morgan fingerprint density at radius 2 is 2.05 bits per heavy atom. The molecule has 1 saturated heterocycles. The monoisotopic (exact) mass is 268 g/mol. The van der Waals surface area contributed by atoms with Gasteiger partial charge >= 0.3 is 0 Å². The van der Waals surface area contributed by atoms with Gasteiger partial charge in [-0.3, -0.25) is 4.90 Å². The van der Waals surface area contributed by atoms with E-state index in [4.69, 9.17) is 4.74 Å². The lowest BCUT2D eigenvalue weighted by Gasteiger charge is -2.45. The molecule has 1 aliphatic heterocycles. The summed E-state index contributed by atoms with van der Waals surface area (Å²) in [7, 11) is 0. The minimum Gasteiger partial charge on any atom is -0.378 e. The molecule has 1 N–H and O–H groups in total. The molecule has 112 valence electrons. The van der Waals surface area contributed by atoms with Crippen LogP contribution in [0.5, 0.6) is 0 Å². The second kappa shape index (κ2) is 7.05. The van der Waals surface area contributed by atoms with E-state index in [0.29, 0.717) is 0 Å². The fourth-order valence-corrected chi connectivity index (χ4v) is 3.54. The van der Waals surface area contributed by atoms with Crippen LogP contribution in [0.15, 0.2) is 0 Å². The molecular formula is C16H32N2O. The molecule has 19 heavy (non-hydrogen) atoms. The highest BCUT2D eigenvalue weighted by molar-refractivity contribution is 4.89. The number of nitrogens with zero attached hydrogens (tertiary/aromatic N) is 1. The Balaban J connectivity index is 1.90. The molecule has 0 bridgehead atoms. The topological polar surface area (TPSA) is 24.5 Å². The van der Waals surface area contributed by atoms with E-state index in [1.165, 1.54) is 45.2 Å². The largest absolute Gasteiger partial charge is 0.378 e. The first-order valence-corrected chi connectivity index (χ1v) is 8.19. The van der Waals surface area contributed by atoms with E-state index in [-0.39, 0.29) is 5.54 Å². The van der Waals surface area contributed by atoms with Crippen LogP contribution >= 0.6 is 0 Å². The van der Waals surface area contributed by atoms with Gasteiger partial charge in [0, 0.05) is 24.7 Å². The van der Waals surface area contributed by atoms with Gasteiger partial charge in [-0.15, -0.1) is 0 Å². The van der Waals surface area contributed by atoms with Gasteiger partial charge in [-0.05, 0) is 45.6 Å². The van der Waals surface area contributed by atoms with Crippen molar-refractivity contribution >= 4 is 0 Å². The Labute approximate surface area is 119 Å². The summed E-state index contributed by atoms with van der Waals surface area (Å²) in [5, 5.41) is 3.78. The fourth-order valence-electron chi connectivity index (χ4n) is 3.54. The van der Waals surface area contributed by atoms with Crippen LogP contribution in [0.1, 0.15) is 52.9 Å². The molecule has 2 atom stereocenters. The standard InChI is InChI=1S/C16H32N2O/c1-4-9-17-15-8-6-5-7-14(15)12-18-10-11-19-13-16(18,2)3/h14-15,17H,4-13H2,1-3H3. The van der Waals surface area contributed by atoms with Crippen LogP contribution in [0.25, 0.3) is 0 Å². The van der Waals surface area contributed by atoms with Gasteiger partial charge in [0.1, 0.15) is 0 Å². The second-order valence-electron chi connectivity index (χ2n) is 6.92. The molecule has 0 aromatic carbocycles. The Morgan fingerprint density at radius 1 is 1.26 bits per heavy atom. The van der Waals surface area contributed by atoms with E-state index in [1.807, 2.05) is 0 Å². The number of rotatable bonds is 5. The maximum Gasteiger partial charge on any atom is 0.0645 e. The highest BCUT2D eigenvalue weighted by Gasteiger charge is 2.34. The molecule has 0 radical (unpaired) electrons. The van der Waals surface area contributed by atoms with Crippen LogP contribution < -0.4 is 5.32 Å². The van der Waals surface area contributed by atoms with Gasteiger partial charge in [-0.25, -0.2) is 0 Å². The lowest BCUT2D eigenvalue weighted by molar-refractivity contribution is -0.0610. The number of hydrogen-bond acceptors (Lipinski definition) is 3. The highest BCUT2D eigenvalue weighted by Crippen LogP contribution is 2.28. The van der Waals surface area contributed by atoms with E-state index in [2.05, 4.69) is 31.0 Å². The van der Waals surface area contributed by atoms with E-state index in [9.17, 15) is 0 Å². The average molecular weight is 268 g/mol. The Hall–Kier alpha value is -0.120. The molecule has 0 aromatic heterocycles. The fraction of sp³-hybridized carbons (Fsp3) is 1.00. The predicted octanol–water partition coefficient (Wildman–Crippen LogP) is 2.66. The second-order valence-corrected chi connectivity index (χ2v) is 6.92. The van der Waals surface area contributed by atoms with Gasteiger partial charge in [0.2, 0.25) is 0 Å². The lowest BCUT2D eigenvalue weighted by Crippen LogP contribution is -2.56. The van der Waals surface area contributed by atoms with Gasteiger partial charge in [0.15, 0.2) is 0 Å². The minimum atomic E-state index is 0.213. The van der Waals surface area contributed by atoms with Crippen LogP contribution in [-0.2, 0) is 4.74 Å². The molecule has 0 aromatic rings. The molecule has 2 unspecified atom stereocenters. The summed E-state index contributed by atoms with van der Waals surface area (Å²) in [6.07, 6.45) is 6.83. The highest BCUT2D eigenvalue weighted by atomic mass is 16.5. The van der Waals surface area contributed by atoms with Gasteiger partial charge in [-0.2, -0.15) is 0 Å². The van der Waals surface area contributed by atoms with Gasteiger partial charge in [-0.1, -0.05) is 19.8 Å². The lowest BCUT2D eigenvalue weighted by atomic mass is 9.83. The molecule has 1 aliphatic carbocycles.